The highest BCUT2D eigenvalue weighted by Crippen LogP contribution is 2.40. The SMILES string of the molecule is COC(=O)c1c(/C=C/[C@H]2O[C@H](OCc3ccccc3)[C@H]3OC(C)(C)O[C@H]32)cccc1OC. The summed E-state index contributed by atoms with van der Waals surface area (Å²) in [4.78, 5) is 12.3. The van der Waals surface area contributed by atoms with Crippen LogP contribution < -0.4 is 4.74 Å². The van der Waals surface area contributed by atoms with E-state index in [9.17, 15) is 4.79 Å². The molecule has 7 heteroatoms. The largest absolute Gasteiger partial charge is 0.496 e. The summed E-state index contributed by atoms with van der Waals surface area (Å²) in [6, 6.07) is 15.2. The number of hydrogen-bond acceptors (Lipinski definition) is 7. The lowest BCUT2D eigenvalue weighted by atomic mass is 10.0. The minimum atomic E-state index is -0.743. The van der Waals surface area contributed by atoms with Crippen molar-refractivity contribution in [3.05, 3.63) is 71.3 Å². The fourth-order valence-electron chi connectivity index (χ4n) is 4.01. The number of esters is 1. The summed E-state index contributed by atoms with van der Waals surface area (Å²) >= 11 is 0. The molecule has 0 radical (unpaired) electrons. The van der Waals surface area contributed by atoms with Crippen molar-refractivity contribution < 1.29 is 33.2 Å². The van der Waals surface area contributed by atoms with E-state index in [0.717, 1.165) is 5.56 Å². The molecule has 2 fully saturated rings. The van der Waals surface area contributed by atoms with Crippen LogP contribution in [0.15, 0.2) is 54.6 Å². The summed E-state index contributed by atoms with van der Waals surface area (Å²) in [6.45, 7) is 4.15. The van der Waals surface area contributed by atoms with Crippen LogP contribution in [0.1, 0.15) is 35.3 Å². The van der Waals surface area contributed by atoms with E-state index in [-0.39, 0.29) is 12.2 Å². The molecule has 0 unspecified atom stereocenters. The Hall–Kier alpha value is -2.71. The quantitative estimate of drug-likeness (QED) is 0.604. The van der Waals surface area contributed by atoms with Gasteiger partial charge in [0.05, 0.1) is 20.8 Å². The molecule has 2 aromatic carbocycles. The lowest BCUT2D eigenvalue weighted by molar-refractivity contribution is -0.231. The van der Waals surface area contributed by atoms with Gasteiger partial charge in [-0.2, -0.15) is 0 Å². The molecule has 0 saturated carbocycles. The van der Waals surface area contributed by atoms with Crippen LogP contribution in [0.3, 0.4) is 0 Å². The molecule has 2 saturated heterocycles. The molecule has 32 heavy (non-hydrogen) atoms. The smallest absolute Gasteiger partial charge is 0.342 e. The van der Waals surface area contributed by atoms with E-state index in [4.69, 9.17) is 28.4 Å². The van der Waals surface area contributed by atoms with Crippen LogP contribution in [0.2, 0.25) is 0 Å². The van der Waals surface area contributed by atoms with Crippen molar-refractivity contribution in [2.75, 3.05) is 14.2 Å². The zero-order chi connectivity index (χ0) is 22.7. The van der Waals surface area contributed by atoms with E-state index in [2.05, 4.69) is 0 Å². The second-order valence-electron chi connectivity index (χ2n) is 8.11. The molecule has 2 aliphatic rings. The molecule has 170 valence electrons. The van der Waals surface area contributed by atoms with Crippen molar-refractivity contribution in [2.45, 2.75) is 50.8 Å². The van der Waals surface area contributed by atoms with Crippen molar-refractivity contribution >= 4 is 12.0 Å². The number of methoxy groups -OCH3 is 2. The first kappa shape index (κ1) is 22.5. The summed E-state index contributed by atoms with van der Waals surface area (Å²) in [5.41, 5.74) is 2.05. The van der Waals surface area contributed by atoms with Crippen LogP contribution in [0.5, 0.6) is 5.75 Å². The number of hydrogen-bond donors (Lipinski definition) is 0. The molecule has 0 spiro atoms. The molecule has 0 aromatic heterocycles. The van der Waals surface area contributed by atoms with Crippen LogP contribution in [-0.4, -0.2) is 50.6 Å². The fourth-order valence-corrected chi connectivity index (χ4v) is 4.01. The Balaban J connectivity index is 1.54. The van der Waals surface area contributed by atoms with E-state index in [1.54, 1.807) is 6.07 Å². The normalized spacial score (nSPS) is 26.2. The highest BCUT2D eigenvalue weighted by atomic mass is 16.8. The Labute approximate surface area is 187 Å². The molecule has 0 aliphatic carbocycles. The van der Waals surface area contributed by atoms with Gasteiger partial charge >= 0.3 is 5.97 Å². The number of carbonyl (C=O) groups is 1. The first-order valence-electron chi connectivity index (χ1n) is 10.5. The third-order valence-corrected chi connectivity index (χ3v) is 5.44. The van der Waals surface area contributed by atoms with Gasteiger partial charge in [-0.05, 0) is 31.0 Å². The van der Waals surface area contributed by atoms with Gasteiger partial charge in [-0.1, -0.05) is 54.6 Å². The number of rotatable bonds is 7. The van der Waals surface area contributed by atoms with Crippen molar-refractivity contribution in [3.8, 4) is 5.75 Å². The molecule has 4 atom stereocenters. The number of ether oxygens (including phenoxy) is 6. The van der Waals surface area contributed by atoms with E-state index in [1.165, 1.54) is 14.2 Å². The maximum atomic E-state index is 12.3. The fraction of sp³-hybridized carbons (Fsp3) is 0.400. The minimum Gasteiger partial charge on any atom is -0.496 e. The van der Waals surface area contributed by atoms with Crippen LogP contribution >= 0.6 is 0 Å². The zero-order valence-corrected chi connectivity index (χ0v) is 18.6. The summed E-state index contributed by atoms with van der Waals surface area (Å²) < 4.78 is 34.6. The Kier molecular flexibility index (Phi) is 6.62. The average molecular weight is 440 g/mol. The average Bonchev–Trinajstić information content (AvgIpc) is 3.28. The van der Waals surface area contributed by atoms with Crippen LogP contribution in [0.25, 0.3) is 6.08 Å². The molecule has 2 aliphatic heterocycles. The van der Waals surface area contributed by atoms with Gasteiger partial charge in [0.1, 0.15) is 29.6 Å². The molecule has 0 amide bonds. The standard InChI is InChI=1S/C25H28O7/c1-25(2)31-21-19(14-13-17-11-8-12-18(27-3)20(17)23(26)28-4)30-24(22(21)32-25)29-15-16-9-6-5-7-10-16/h5-14,19,21-22,24H,15H2,1-4H3/b14-13+/t19-,21+,22+,24+/m1/s1. The van der Waals surface area contributed by atoms with Gasteiger partial charge in [0, 0.05) is 0 Å². The third-order valence-electron chi connectivity index (χ3n) is 5.44. The molecule has 0 bridgehead atoms. The van der Waals surface area contributed by atoms with E-state index < -0.39 is 24.2 Å². The summed E-state index contributed by atoms with van der Waals surface area (Å²) in [5, 5.41) is 0. The third kappa shape index (κ3) is 4.71. The van der Waals surface area contributed by atoms with Gasteiger partial charge in [-0.3, -0.25) is 0 Å². The van der Waals surface area contributed by atoms with Crippen molar-refractivity contribution in [3.63, 3.8) is 0 Å². The van der Waals surface area contributed by atoms with Gasteiger partial charge < -0.3 is 28.4 Å². The first-order chi connectivity index (χ1) is 15.4. The van der Waals surface area contributed by atoms with E-state index in [0.29, 0.717) is 23.5 Å². The molecular weight excluding hydrogens is 412 g/mol. The Bertz CT molecular complexity index is 970. The second kappa shape index (κ2) is 9.42. The molecule has 2 heterocycles. The number of fused-ring (bicyclic) bond motifs is 1. The molecular formula is C25H28O7. The van der Waals surface area contributed by atoms with Crippen LogP contribution in [0.4, 0.5) is 0 Å². The van der Waals surface area contributed by atoms with Crippen LogP contribution in [-0.2, 0) is 30.3 Å². The van der Waals surface area contributed by atoms with Gasteiger partial charge in [-0.15, -0.1) is 0 Å². The number of benzene rings is 2. The first-order valence-corrected chi connectivity index (χ1v) is 10.5. The number of carbonyl (C=O) groups excluding carboxylic acids is 1. The Morgan fingerprint density at radius 1 is 1.03 bits per heavy atom. The highest BCUT2D eigenvalue weighted by molar-refractivity contribution is 5.96. The highest BCUT2D eigenvalue weighted by Gasteiger charge is 2.55. The lowest BCUT2D eigenvalue weighted by Gasteiger charge is -2.23. The summed E-state index contributed by atoms with van der Waals surface area (Å²) in [6.07, 6.45) is 1.96. The van der Waals surface area contributed by atoms with Crippen molar-refractivity contribution in [2.24, 2.45) is 0 Å². The topological polar surface area (TPSA) is 72.5 Å². The van der Waals surface area contributed by atoms with Gasteiger partial charge in [0.15, 0.2) is 12.1 Å². The zero-order valence-electron chi connectivity index (χ0n) is 18.6. The van der Waals surface area contributed by atoms with E-state index in [1.807, 2.05) is 68.5 Å². The van der Waals surface area contributed by atoms with Crippen molar-refractivity contribution in [1.29, 1.82) is 0 Å². The molecule has 0 N–H and O–H groups in total. The minimum absolute atomic E-state index is 0.339. The predicted octanol–water partition coefficient (Wildman–Crippen LogP) is 3.96. The molecule has 2 aromatic rings. The van der Waals surface area contributed by atoms with E-state index >= 15 is 0 Å². The Morgan fingerprint density at radius 3 is 2.50 bits per heavy atom. The summed E-state index contributed by atoms with van der Waals surface area (Å²) in [5.74, 6) is -0.778. The maximum Gasteiger partial charge on any atom is 0.342 e. The Morgan fingerprint density at radius 2 is 1.78 bits per heavy atom. The second-order valence-corrected chi connectivity index (χ2v) is 8.11. The predicted molar refractivity (Wildman–Crippen MR) is 117 cm³/mol. The van der Waals surface area contributed by atoms with Gasteiger partial charge in [0.25, 0.3) is 0 Å². The lowest BCUT2D eigenvalue weighted by Crippen LogP contribution is -2.31. The summed E-state index contributed by atoms with van der Waals surface area (Å²) in [7, 11) is 2.85. The van der Waals surface area contributed by atoms with Gasteiger partial charge in [0.2, 0.25) is 0 Å². The van der Waals surface area contributed by atoms with Crippen LogP contribution in [0, 0.1) is 0 Å². The van der Waals surface area contributed by atoms with Gasteiger partial charge in [-0.25, -0.2) is 4.79 Å². The maximum absolute atomic E-state index is 12.3. The monoisotopic (exact) mass is 440 g/mol. The molecule has 4 rings (SSSR count). The molecule has 7 nitrogen and oxygen atoms in total. The van der Waals surface area contributed by atoms with Crippen molar-refractivity contribution in [1.82, 2.24) is 0 Å².